The van der Waals surface area contributed by atoms with E-state index in [2.05, 4.69) is 18.3 Å². The smallest absolute Gasteiger partial charge is 0.416 e. The molecule has 2 saturated heterocycles. The monoisotopic (exact) mass is 714 g/mol. The zero-order valence-electron chi connectivity index (χ0n) is 30.7. The van der Waals surface area contributed by atoms with Crippen molar-refractivity contribution in [2.24, 2.45) is 23.7 Å². The van der Waals surface area contributed by atoms with Crippen molar-refractivity contribution in [3.8, 4) is 11.8 Å². The van der Waals surface area contributed by atoms with E-state index >= 15 is 4.39 Å². The maximum absolute atomic E-state index is 16.8. The summed E-state index contributed by atoms with van der Waals surface area (Å²) < 4.78 is 63.6. The fraction of sp³-hybridized carbons (Fsp3) is 0.625. The number of carbonyl (C=O) groups is 2. The maximum atomic E-state index is 16.8. The summed E-state index contributed by atoms with van der Waals surface area (Å²) in [5.41, 5.74) is -1.33. The molecule has 0 spiro atoms. The molecule has 3 aliphatic rings. The van der Waals surface area contributed by atoms with E-state index in [1.54, 1.807) is 50.1 Å². The van der Waals surface area contributed by atoms with Crippen LogP contribution in [0.3, 0.4) is 0 Å². The van der Waals surface area contributed by atoms with Gasteiger partial charge in [-0.2, -0.15) is 18.4 Å². The second-order valence-electron chi connectivity index (χ2n) is 14.4. The molecular weight excluding hydrogens is 660 g/mol. The van der Waals surface area contributed by atoms with Gasteiger partial charge in [0.2, 0.25) is 11.8 Å². The Balaban J connectivity index is 0.000000878. The van der Waals surface area contributed by atoms with Gasteiger partial charge in [0.1, 0.15) is 11.4 Å². The highest BCUT2D eigenvalue weighted by Gasteiger charge is 2.47. The number of halogens is 4. The minimum atomic E-state index is -4.56. The summed E-state index contributed by atoms with van der Waals surface area (Å²) in [4.78, 5) is 29.8. The Kier molecular flexibility index (Phi) is 13.8. The number of benzene rings is 2. The summed E-state index contributed by atoms with van der Waals surface area (Å²) in [6.07, 6.45) is 2.77. The van der Waals surface area contributed by atoms with Crippen LogP contribution in [-0.2, 0) is 21.4 Å². The van der Waals surface area contributed by atoms with E-state index in [-0.39, 0.29) is 56.0 Å². The predicted octanol–water partition coefficient (Wildman–Crippen LogP) is 8.63. The largest absolute Gasteiger partial charge is 0.497 e. The fourth-order valence-electron chi connectivity index (χ4n) is 8.19. The number of methoxy groups -OCH3 is 1. The van der Waals surface area contributed by atoms with E-state index in [1.807, 2.05) is 4.90 Å². The van der Waals surface area contributed by atoms with Crippen molar-refractivity contribution in [1.82, 2.24) is 10.2 Å². The van der Waals surface area contributed by atoms with Gasteiger partial charge in [0.15, 0.2) is 0 Å². The number of alkyl halides is 4. The van der Waals surface area contributed by atoms with E-state index in [0.717, 1.165) is 18.1 Å². The highest BCUT2D eigenvalue weighted by atomic mass is 19.4. The molecule has 5 rings (SSSR count). The van der Waals surface area contributed by atoms with Gasteiger partial charge in [-0.15, -0.1) is 0 Å². The van der Waals surface area contributed by atoms with Gasteiger partial charge in [0.05, 0.1) is 24.7 Å². The van der Waals surface area contributed by atoms with Crippen LogP contribution in [0.2, 0.25) is 0 Å². The average molecular weight is 715 g/mol. The molecule has 3 fully saturated rings. The highest BCUT2D eigenvalue weighted by Crippen LogP contribution is 2.46. The van der Waals surface area contributed by atoms with E-state index in [1.165, 1.54) is 38.9 Å². The third-order valence-corrected chi connectivity index (χ3v) is 11.3. The first-order valence-electron chi connectivity index (χ1n) is 18.5. The second-order valence-corrected chi connectivity index (χ2v) is 14.4. The lowest BCUT2D eigenvalue weighted by molar-refractivity contribution is -0.141. The summed E-state index contributed by atoms with van der Waals surface area (Å²) in [6.45, 7) is 6.97. The lowest BCUT2D eigenvalue weighted by atomic mass is 9.78. The lowest BCUT2D eigenvalue weighted by Crippen LogP contribution is -2.43. The van der Waals surface area contributed by atoms with Crippen LogP contribution < -0.4 is 15.0 Å². The Morgan fingerprint density at radius 1 is 0.980 bits per heavy atom. The van der Waals surface area contributed by atoms with Gasteiger partial charge in [0, 0.05) is 57.2 Å². The van der Waals surface area contributed by atoms with Crippen molar-refractivity contribution in [1.29, 1.82) is 5.26 Å². The number of piperidine rings is 1. The number of ether oxygens (including phenoxy) is 1. The minimum Gasteiger partial charge on any atom is -0.497 e. The molecule has 2 unspecified atom stereocenters. The van der Waals surface area contributed by atoms with Crippen LogP contribution in [0.1, 0.15) is 101 Å². The van der Waals surface area contributed by atoms with Gasteiger partial charge in [-0.1, -0.05) is 64.7 Å². The molecule has 0 aromatic heterocycles. The van der Waals surface area contributed by atoms with Crippen LogP contribution in [0, 0.1) is 35.0 Å². The Bertz CT molecular complexity index is 1500. The topological polar surface area (TPSA) is 85.7 Å². The molecule has 11 heteroatoms. The molecule has 2 heterocycles. The van der Waals surface area contributed by atoms with Gasteiger partial charge in [-0.3, -0.25) is 9.59 Å². The van der Waals surface area contributed by atoms with Gasteiger partial charge >= 0.3 is 6.18 Å². The number of carbonyl (C=O) groups excluding carboxylic acids is 2. The number of hydrogen-bond donors (Lipinski definition) is 1. The molecule has 2 aliphatic heterocycles. The number of likely N-dealkylation sites (tertiary alicyclic amines) is 1. The van der Waals surface area contributed by atoms with Crippen LogP contribution in [0.25, 0.3) is 0 Å². The molecule has 280 valence electrons. The number of hydrogen-bond acceptors (Lipinski definition) is 5. The summed E-state index contributed by atoms with van der Waals surface area (Å²) in [5, 5.41) is 12.3. The Morgan fingerprint density at radius 3 is 2.10 bits per heavy atom. The van der Waals surface area contributed by atoms with E-state index in [4.69, 9.17) is 4.74 Å². The molecule has 0 radical (unpaired) electrons. The molecule has 2 amide bonds. The first kappa shape index (κ1) is 40.0. The Morgan fingerprint density at radius 2 is 1.61 bits per heavy atom. The van der Waals surface area contributed by atoms with Crippen molar-refractivity contribution in [2.75, 3.05) is 45.2 Å². The molecule has 1 aliphatic carbocycles. The minimum absolute atomic E-state index is 0.0670. The molecule has 51 heavy (non-hydrogen) atoms. The number of nitrogens with one attached hydrogen (secondary N) is 1. The quantitative estimate of drug-likeness (QED) is 0.249. The average Bonchev–Trinajstić information content (AvgIpc) is 3.80. The van der Waals surface area contributed by atoms with Crippen LogP contribution in [-0.4, -0.2) is 57.1 Å². The normalized spacial score (nSPS) is 21.6. The van der Waals surface area contributed by atoms with Crippen molar-refractivity contribution in [3.63, 3.8) is 0 Å². The van der Waals surface area contributed by atoms with E-state index < -0.39 is 29.2 Å². The zero-order valence-corrected chi connectivity index (χ0v) is 30.7. The molecule has 7 nitrogen and oxygen atoms in total. The molecular formula is C40H54F4N4O3. The molecule has 1 N–H and O–H groups in total. The third-order valence-electron chi connectivity index (χ3n) is 11.3. The number of anilines is 1. The van der Waals surface area contributed by atoms with Crippen LogP contribution in [0.4, 0.5) is 23.2 Å². The van der Waals surface area contributed by atoms with Crippen molar-refractivity contribution in [2.45, 2.75) is 96.3 Å². The van der Waals surface area contributed by atoms with Crippen LogP contribution in [0.5, 0.6) is 5.75 Å². The van der Waals surface area contributed by atoms with Crippen LogP contribution in [0.15, 0.2) is 42.5 Å². The van der Waals surface area contributed by atoms with Crippen molar-refractivity contribution >= 4 is 17.5 Å². The first-order valence-corrected chi connectivity index (χ1v) is 18.5. The maximum Gasteiger partial charge on any atom is 0.416 e. The Hall–Kier alpha value is -3.81. The summed E-state index contributed by atoms with van der Waals surface area (Å²) in [7, 11) is 3.09. The standard InChI is InChI=1S/C34H42F4N4O3.C6H12/c1-5-29(33(35,6-2)24-7-10-26(45-4)11-8-24)32(44)42-20-23(13-16-39)28(21-42)27-12-9-25(34(36,37)38)19-30(27)41-17-14-22(15-18-41)31(43)40-3;1-6-4-2-3-5-6/h7-12,19,22-23,28-29H,5-6,13-15,17-18,20-21H2,1-4H3,(H,40,43);6H,2-5H2,1H3/t23-,28?,29?,33-;/m0./s1. The Labute approximate surface area is 300 Å². The first-order chi connectivity index (χ1) is 24.3. The van der Waals surface area contributed by atoms with E-state index in [9.17, 15) is 28.0 Å². The molecule has 2 aromatic rings. The molecule has 1 saturated carbocycles. The van der Waals surface area contributed by atoms with Crippen molar-refractivity contribution in [3.05, 3.63) is 59.2 Å². The number of rotatable bonds is 10. The highest BCUT2D eigenvalue weighted by molar-refractivity contribution is 5.81. The predicted molar refractivity (Wildman–Crippen MR) is 191 cm³/mol. The zero-order chi connectivity index (χ0) is 37.3. The van der Waals surface area contributed by atoms with Crippen molar-refractivity contribution < 1.29 is 31.9 Å². The van der Waals surface area contributed by atoms with Gasteiger partial charge < -0.3 is 19.9 Å². The third kappa shape index (κ3) is 9.36. The summed E-state index contributed by atoms with van der Waals surface area (Å²) in [5.74, 6) is -0.815. The summed E-state index contributed by atoms with van der Waals surface area (Å²) in [6, 6.07) is 12.4. The number of nitriles is 1. The SMILES string of the molecule is CC1CCCC1.CCC(C(=O)N1CC(c2ccc(C(F)(F)F)cc2N2CCC(C(=O)NC)CC2)[C@@H](CC#N)C1)[C@](F)(CC)c1ccc(OC)cc1. The number of amides is 2. The molecule has 4 atom stereocenters. The number of nitrogens with zero attached hydrogens (tertiary/aromatic N) is 3. The van der Waals surface area contributed by atoms with Gasteiger partial charge in [0.25, 0.3) is 0 Å². The van der Waals surface area contributed by atoms with Crippen LogP contribution >= 0.6 is 0 Å². The molecule has 2 aromatic carbocycles. The second kappa shape index (κ2) is 17.6. The van der Waals surface area contributed by atoms with E-state index in [0.29, 0.717) is 48.5 Å². The van der Waals surface area contributed by atoms with Gasteiger partial charge in [-0.25, -0.2) is 4.39 Å². The van der Waals surface area contributed by atoms with Gasteiger partial charge in [-0.05, 0) is 72.9 Å². The fourth-order valence-corrected chi connectivity index (χ4v) is 8.19. The lowest BCUT2D eigenvalue weighted by Gasteiger charge is -2.36. The summed E-state index contributed by atoms with van der Waals surface area (Å²) >= 11 is 0. The molecule has 0 bridgehead atoms.